The molecule has 1 aromatic carbocycles. The van der Waals surface area contributed by atoms with Gasteiger partial charge in [0.05, 0.1) is 11.3 Å². The Labute approximate surface area is 126 Å². The highest BCUT2D eigenvalue weighted by Crippen LogP contribution is 2.22. The van der Waals surface area contributed by atoms with E-state index in [1.54, 1.807) is 6.20 Å². The second-order valence-electron chi connectivity index (χ2n) is 4.96. The van der Waals surface area contributed by atoms with Crippen LogP contribution in [0.2, 0.25) is 0 Å². The minimum Gasteiger partial charge on any atom is -0.369 e. The fourth-order valence-corrected chi connectivity index (χ4v) is 2.24. The molecule has 0 radical (unpaired) electrons. The molecule has 21 heavy (non-hydrogen) atoms. The van der Waals surface area contributed by atoms with Crippen LogP contribution in [0.5, 0.6) is 0 Å². The van der Waals surface area contributed by atoms with Gasteiger partial charge in [-0.25, -0.2) is 0 Å². The van der Waals surface area contributed by atoms with E-state index in [2.05, 4.69) is 34.3 Å². The zero-order valence-electron chi connectivity index (χ0n) is 12.5. The van der Waals surface area contributed by atoms with Gasteiger partial charge in [0.15, 0.2) is 0 Å². The van der Waals surface area contributed by atoms with Crippen molar-refractivity contribution in [2.45, 2.75) is 20.0 Å². The van der Waals surface area contributed by atoms with E-state index in [9.17, 15) is 5.26 Å². The summed E-state index contributed by atoms with van der Waals surface area (Å²) in [5, 5.41) is 12.6. The standard InChI is InChI=1S/C17H20N4/c1-3-19-11-14-6-7-17(16(9-14)10-18)21(2)13-15-5-4-8-20-12-15/h4-9,12,19H,3,11,13H2,1-2H3. The van der Waals surface area contributed by atoms with Crippen LogP contribution < -0.4 is 10.2 Å². The zero-order valence-corrected chi connectivity index (χ0v) is 12.5. The maximum atomic E-state index is 9.37. The van der Waals surface area contributed by atoms with Crippen molar-refractivity contribution < 1.29 is 0 Å². The van der Waals surface area contributed by atoms with Crippen molar-refractivity contribution in [3.63, 3.8) is 0 Å². The number of hydrogen-bond donors (Lipinski definition) is 1. The molecule has 1 heterocycles. The fraction of sp³-hybridized carbons (Fsp3) is 0.294. The van der Waals surface area contributed by atoms with Gasteiger partial charge in [-0.15, -0.1) is 0 Å². The minimum atomic E-state index is 0.705. The molecule has 1 N–H and O–H groups in total. The minimum absolute atomic E-state index is 0.705. The highest BCUT2D eigenvalue weighted by Gasteiger charge is 2.09. The van der Waals surface area contributed by atoms with Crippen molar-refractivity contribution in [2.75, 3.05) is 18.5 Å². The van der Waals surface area contributed by atoms with Crippen LogP contribution in [0.4, 0.5) is 5.69 Å². The fourth-order valence-electron chi connectivity index (χ4n) is 2.24. The average Bonchev–Trinajstić information content (AvgIpc) is 2.53. The van der Waals surface area contributed by atoms with Gasteiger partial charge in [-0.3, -0.25) is 4.98 Å². The zero-order chi connectivity index (χ0) is 15.1. The highest BCUT2D eigenvalue weighted by atomic mass is 15.1. The number of anilines is 1. The van der Waals surface area contributed by atoms with Crippen molar-refractivity contribution in [2.24, 2.45) is 0 Å². The second kappa shape index (κ2) is 7.41. The molecule has 0 unspecified atom stereocenters. The SMILES string of the molecule is CCNCc1ccc(N(C)Cc2cccnc2)c(C#N)c1. The van der Waals surface area contributed by atoms with Crippen molar-refractivity contribution in [1.82, 2.24) is 10.3 Å². The Morgan fingerprint density at radius 1 is 1.29 bits per heavy atom. The van der Waals surface area contributed by atoms with Crippen LogP contribution in [0.25, 0.3) is 0 Å². The molecule has 0 atom stereocenters. The Kier molecular flexibility index (Phi) is 5.30. The summed E-state index contributed by atoms with van der Waals surface area (Å²) in [6.45, 7) is 4.51. The van der Waals surface area contributed by atoms with E-state index in [1.165, 1.54) is 0 Å². The van der Waals surface area contributed by atoms with Gasteiger partial charge in [0, 0.05) is 32.5 Å². The monoisotopic (exact) mass is 280 g/mol. The van der Waals surface area contributed by atoms with Gasteiger partial charge in [-0.2, -0.15) is 5.26 Å². The molecule has 0 aliphatic rings. The summed E-state index contributed by atoms with van der Waals surface area (Å²) in [5.41, 5.74) is 3.91. The number of nitrogens with zero attached hydrogens (tertiary/aromatic N) is 3. The molecule has 0 aliphatic heterocycles. The van der Waals surface area contributed by atoms with Gasteiger partial charge in [0.2, 0.25) is 0 Å². The lowest BCUT2D eigenvalue weighted by Crippen LogP contribution is -2.18. The van der Waals surface area contributed by atoms with Gasteiger partial charge in [-0.1, -0.05) is 19.1 Å². The van der Waals surface area contributed by atoms with Gasteiger partial charge in [0.25, 0.3) is 0 Å². The first-order valence-corrected chi connectivity index (χ1v) is 7.08. The van der Waals surface area contributed by atoms with E-state index >= 15 is 0 Å². The third-order valence-electron chi connectivity index (χ3n) is 3.31. The van der Waals surface area contributed by atoms with Crippen LogP contribution in [-0.4, -0.2) is 18.6 Å². The van der Waals surface area contributed by atoms with Crippen LogP contribution in [0, 0.1) is 11.3 Å². The lowest BCUT2D eigenvalue weighted by molar-refractivity contribution is 0.726. The number of nitrogens with one attached hydrogen (secondary N) is 1. The Hall–Kier alpha value is -2.38. The molecule has 0 fully saturated rings. The molecule has 0 amide bonds. The van der Waals surface area contributed by atoms with Crippen LogP contribution >= 0.6 is 0 Å². The first kappa shape index (κ1) is 15.0. The maximum Gasteiger partial charge on any atom is 0.101 e. The summed E-state index contributed by atoms with van der Waals surface area (Å²) in [7, 11) is 1.99. The molecule has 0 bridgehead atoms. The predicted molar refractivity (Wildman–Crippen MR) is 84.9 cm³/mol. The molecular formula is C17H20N4. The predicted octanol–water partition coefficient (Wildman–Crippen LogP) is 2.70. The number of rotatable bonds is 6. The topological polar surface area (TPSA) is 52.0 Å². The Morgan fingerprint density at radius 3 is 2.81 bits per heavy atom. The molecule has 2 rings (SSSR count). The van der Waals surface area contributed by atoms with E-state index in [-0.39, 0.29) is 0 Å². The van der Waals surface area contributed by atoms with Crippen LogP contribution in [0.3, 0.4) is 0 Å². The normalized spacial score (nSPS) is 10.1. The molecule has 1 aromatic heterocycles. The van der Waals surface area contributed by atoms with Crippen LogP contribution in [-0.2, 0) is 13.1 Å². The third kappa shape index (κ3) is 4.04. The van der Waals surface area contributed by atoms with E-state index < -0.39 is 0 Å². The number of aromatic nitrogens is 1. The van der Waals surface area contributed by atoms with Crippen LogP contribution in [0.15, 0.2) is 42.7 Å². The summed E-state index contributed by atoms with van der Waals surface area (Å²) in [6, 6.07) is 12.3. The molecule has 0 saturated carbocycles. The largest absolute Gasteiger partial charge is 0.369 e. The Balaban J connectivity index is 2.17. The molecule has 4 nitrogen and oxygen atoms in total. The smallest absolute Gasteiger partial charge is 0.101 e. The van der Waals surface area contributed by atoms with E-state index in [1.807, 2.05) is 37.5 Å². The summed E-state index contributed by atoms with van der Waals surface area (Å²) in [4.78, 5) is 6.20. The van der Waals surface area contributed by atoms with Gasteiger partial charge in [0.1, 0.15) is 6.07 Å². The van der Waals surface area contributed by atoms with Crippen molar-refractivity contribution in [3.05, 3.63) is 59.4 Å². The number of nitriles is 1. The highest BCUT2D eigenvalue weighted by molar-refractivity contribution is 5.60. The quantitative estimate of drug-likeness (QED) is 0.884. The number of hydrogen-bond acceptors (Lipinski definition) is 4. The molecule has 0 spiro atoms. The molecule has 4 heteroatoms. The first-order valence-electron chi connectivity index (χ1n) is 7.08. The lowest BCUT2D eigenvalue weighted by atomic mass is 10.1. The number of benzene rings is 1. The van der Waals surface area contributed by atoms with Crippen molar-refractivity contribution in [3.8, 4) is 6.07 Å². The number of pyridine rings is 1. The van der Waals surface area contributed by atoms with E-state index in [0.717, 1.165) is 36.4 Å². The van der Waals surface area contributed by atoms with Gasteiger partial charge in [-0.05, 0) is 35.9 Å². The summed E-state index contributed by atoms with van der Waals surface area (Å²) >= 11 is 0. The Morgan fingerprint density at radius 2 is 2.14 bits per heavy atom. The third-order valence-corrected chi connectivity index (χ3v) is 3.31. The van der Waals surface area contributed by atoms with Gasteiger partial charge < -0.3 is 10.2 Å². The van der Waals surface area contributed by atoms with Crippen molar-refractivity contribution >= 4 is 5.69 Å². The molecule has 108 valence electrons. The lowest BCUT2D eigenvalue weighted by Gasteiger charge is -2.21. The summed E-state index contributed by atoms with van der Waals surface area (Å²) in [6.07, 6.45) is 3.61. The van der Waals surface area contributed by atoms with Crippen LogP contribution in [0.1, 0.15) is 23.6 Å². The molecule has 0 aliphatic carbocycles. The first-order chi connectivity index (χ1) is 10.2. The van der Waals surface area contributed by atoms with E-state index in [0.29, 0.717) is 5.56 Å². The van der Waals surface area contributed by atoms with Crippen molar-refractivity contribution in [1.29, 1.82) is 5.26 Å². The Bertz CT molecular complexity index is 616. The molecule has 2 aromatic rings. The summed E-state index contributed by atoms with van der Waals surface area (Å²) in [5.74, 6) is 0. The van der Waals surface area contributed by atoms with Gasteiger partial charge >= 0.3 is 0 Å². The molecular weight excluding hydrogens is 260 g/mol. The second-order valence-corrected chi connectivity index (χ2v) is 4.96. The van der Waals surface area contributed by atoms with E-state index in [4.69, 9.17) is 0 Å². The molecule has 0 saturated heterocycles. The maximum absolute atomic E-state index is 9.37. The average molecular weight is 280 g/mol. The summed E-state index contributed by atoms with van der Waals surface area (Å²) < 4.78 is 0.